The van der Waals surface area contributed by atoms with Gasteiger partial charge in [-0.1, -0.05) is 0 Å². The molecule has 0 saturated carbocycles. The van der Waals surface area contributed by atoms with Gasteiger partial charge in [0.2, 0.25) is 5.91 Å². The number of rotatable bonds is 5. The minimum Gasteiger partial charge on any atom is -0.385 e. The minimum atomic E-state index is -4.41. The fourth-order valence-electron chi connectivity index (χ4n) is 1.90. The zero-order chi connectivity index (χ0) is 17.7. The molecule has 0 fully saturated rings. The summed E-state index contributed by atoms with van der Waals surface area (Å²) in [5.74, 6) is -2.16. The highest BCUT2D eigenvalue weighted by Crippen LogP contribution is 2.29. The number of hydrogen-bond acceptors (Lipinski definition) is 2. The molecular formula is C16H13F5N2O. The molecule has 24 heavy (non-hydrogen) atoms. The Morgan fingerprint density at radius 2 is 1.67 bits per heavy atom. The standard InChI is InChI=1S/C16H13F5N2O/c17-11-3-6-14(13(18)9-11)23-15(24)7-8-22-12-4-1-10(2-5-12)16(19,20)21/h1-6,9,22H,7-8H2,(H,23,24). The molecule has 3 nitrogen and oxygen atoms in total. The molecule has 0 radical (unpaired) electrons. The van der Waals surface area contributed by atoms with E-state index in [4.69, 9.17) is 0 Å². The Kier molecular flexibility index (Phi) is 5.38. The van der Waals surface area contributed by atoms with Crippen molar-refractivity contribution in [2.45, 2.75) is 12.6 Å². The minimum absolute atomic E-state index is 0.0438. The van der Waals surface area contributed by atoms with E-state index in [1.807, 2.05) is 0 Å². The number of amides is 1. The maximum absolute atomic E-state index is 13.4. The monoisotopic (exact) mass is 344 g/mol. The van der Waals surface area contributed by atoms with Crippen molar-refractivity contribution < 1.29 is 26.7 Å². The second-order valence-corrected chi connectivity index (χ2v) is 4.92. The van der Waals surface area contributed by atoms with Gasteiger partial charge in [0.05, 0.1) is 11.3 Å². The number of carbonyl (C=O) groups is 1. The molecule has 128 valence electrons. The van der Waals surface area contributed by atoms with Gasteiger partial charge in [-0.05, 0) is 36.4 Å². The second-order valence-electron chi connectivity index (χ2n) is 4.92. The second kappa shape index (κ2) is 7.29. The smallest absolute Gasteiger partial charge is 0.385 e. The Morgan fingerprint density at radius 3 is 2.25 bits per heavy atom. The van der Waals surface area contributed by atoms with Gasteiger partial charge in [0, 0.05) is 24.7 Å². The highest BCUT2D eigenvalue weighted by Gasteiger charge is 2.29. The Hall–Kier alpha value is -2.64. The number of nitrogens with one attached hydrogen (secondary N) is 2. The summed E-state index contributed by atoms with van der Waals surface area (Å²) in [4.78, 5) is 11.7. The van der Waals surface area contributed by atoms with Gasteiger partial charge in [-0.15, -0.1) is 0 Å². The maximum Gasteiger partial charge on any atom is 0.416 e. The van der Waals surface area contributed by atoms with Crippen LogP contribution in [0.1, 0.15) is 12.0 Å². The van der Waals surface area contributed by atoms with Gasteiger partial charge >= 0.3 is 6.18 Å². The van der Waals surface area contributed by atoms with Crippen molar-refractivity contribution in [1.82, 2.24) is 0 Å². The van der Waals surface area contributed by atoms with Crippen molar-refractivity contribution >= 4 is 17.3 Å². The van der Waals surface area contributed by atoms with E-state index >= 15 is 0 Å². The van der Waals surface area contributed by atoms with Crippen LogP contribution in [0.4, 0.5) is 33.3 Å². The summed E-state index contributed by atoms with van der Waals surface area (Å²) in [6.45, 7) is 0.139. The van der Waals surface area contributed by atoms with E-state index in [1.54, 1.807) is 0 Å². The molecule has 2 rings (SSSR count). The van der Waals surface area contributed by atoms with E-state index in [2.05, 4.69) is 10.6 Å². The lowest BCUT2D eigenvalue weighted by Crippen LogP contribution is -2.17. The highest BCUT2D eigenvalue weighted by atomic mass is 19.4. The van der Waals surface area contributed by atoms with E-state index in [-0.39, 0.29) is 18.7 Å². The lowest BCUT2D eigenvalue weighted by atomic mass is 10.2. The Morgan fingerprint density at radius 1 is 1.00 bits per heavy atom. The number of hydrogen-bond donors (Lipinski definition) is 2. The van der Waals surface area contributed by atoms with Crippen LogP contribution in [-0.2, 0) is 11.0 Å². The van der Waals surface area contributed by atoms with Crippen molar-refractivity contribution in [2.24, 2.45) is 0 Å². The fourth-order valence-corrected chi connectivity index (χ4v) is 1.90. The summed E-state index contributed by atoms with van der Waals surface area (Å²) in [7, 11) is 0. The van der Waals surface area contributed by atoms with Crippen LogP contribution in [0.3, 0.4) is 0 Å². The van der Waals surface area contributed by atoms with Crippen molar-refractivity contribution in [3.63, 3.8) is 0 Å². The third kappa shape index (κ3) is 4.94. The molecule has 8 heteroatoms. The van der Waals surface area contributed by atoms with Crippen LogP contribution in [0.15, 0.2) is 42.5 Å². The predicted molar refractivity (Wildman–Crippen MR) is 79.5 cm³/mol. The first kappa shape index (κ1) is 17.7. The summed E-state index contributed by atoms with van der Waals surface area (Å²) in [5, 5.41) is 5.07. The molecule has 0 aliphatic heterocycles. The Labute approximate surface area is 134 Å². The molecule has 2 N–H and O–H groups in total. The zero-order valence-electron chi connectivity index (χ0n) is 12.3. The van der Waals surface area contributed by atoms with Gasteiger partial charge in [-0.25, -0.2) is 8.78 Å². The molecule has 0 spiro atoms. The van der Waals surface area contributed by atoms with Crippen LogP contribution in [-0.4, -0.2) is 12.5 Å². The van der Waals surface area contributed by atoms with E-state index < -0.39 is 29.3 Å². The molecule has 0 aliphatic rings. The normalized spacial score (nSPS) is 11.2. The maximum atomic E-state index is 13.4. The first-order valence-corrected chi connectivity index (χ1v) is 6.92. The third-order valence-corrected chi connectivity index (χ3v) is 3.10. The summed E-state index contributed by atoms with van der Waals surface area (Å²) < 4.78 is 63.4. The average Bonchev–Trinajstić information content (AvgIpc) is 2.50. The van der Waals surface area contributed by atoms with Crippen LogP contribution in [0.25, 0.3) is 0 Å². The average molecular weight is 344 g/mol. The van der Waals surface area contributed by atoms with Gasteiger partial charge in [0.15, 0.2) is 0 Å². The van der Waals surface area contributed by atoms with E-state index in [9.17, 15) is 26.7 Å². The first-order valence-electron chi connectivity index (χ1n) is 6.92. The van der Waals surface area contributed by atoms with Crippen LogP contribution >= 0.6 is 0 Å². The van der Waals surface area contributed by atoms with Gasteiger partial charge in [-0.3, -0.25) is 4.79 Å². The lowest BCUT2D eigenvalue weighted by Gasteiger charge is -2.10. The molecule has 2 aromatic rings. The molecule has 0 heterocycles. The largest absolute Gasteiger partial charge is 0.416 e. The van der Waals surface area contributed by atoms with Crippen LogP contribution < -0.4 is 10.6 Å². The van der Waals surface area contributed by atoms with Gasteiger partial charge in [0.1, 0.15) is 11.6 Å². The SMILES string of the molecule is O=C(CCNc1ccc(C(F)(F)F)cc1)Nc1ccc(F)cc1F. The molecule has 2 aromatic carbocycles. The van der Waals surface area contributed by atoms with E-state index in [0.717, 1.165) is 24.3 Å². The van der Waals surface area contributed by atoms with Crippen LogP contribution in [0, 0.1) is 11.6 Å². The number of anilines is 2. The number of benzene rings is 2. The van der Waals surface area contributed by atoms with Crippen molar-refractivity contribution in [3.05, 3.63) is 59.7 Å². The Bertz CT molecular complexity index is 713. The summed E-state index contributed by atoms with van der Waals surface area (Å²) >= 11 is 0. The molecule has 1 amide bonds. The lowest BCUT2D eigenvalue weighted by molar-refractivity contribution is -0.137. The summed E-state index contributed by atoms with van der Waals surface area (Å²) in [6, 6.07) is 7.12. The number of halogens is 5. The quantitative estimate of drug-likeness (QED) is 0.788. The molecule has 0 aliphatic carbocycles. The predicted octanol–water partition coefficient (Wildman–Crippen LogP) is 4.42. The van der Waals surface area contributed by atoms with E-state index in [1.165, 1.54) is 12.1 Å². The fraction of sp³-hybridized carbons (Fsp3) is 0.188. The first-order chi connectivity index (χ1) is 11.3. The molecule has 0 aromatic heterocycles. The molecule has 0 atom stereocenters. The van der Waals surface area contributed by atoms with Crippen molar-refractivity contribution in [2.75, 3.05) is 17.2 Å². The molecular weight excluding hydrogens is 331 g/mol. The zero-order valence-corrected chi connectivity index (χ0v) is 12.3. The summed E-state index contributed by atoms with van der Waals surface area (Å²) in [5.41, 5.74) is -0.489. The van der Waals surface area contributed by atoms with E-state index in [0.29, 0.717) is 11.8 Å². The van der Waals surface area contributed by atoms with Gasteiger partial charge in [0.25, 0.3) is 0 Å². The molecule has 0 bridgehead atoms. The van der Waals surface area contributed by atoms with Crippen LogP contribution in [0.5, 0.6) is 0 Å². The van der Waals surface area contributed by atoms with Gasteiger partial charge in [-0.2, -0.15) is 13.2 Å². The topological polar surface area (TPSA) is 41.1 Å². The van der Waals surface area contributed by atoms with Crippen molar-refractivity contribution in [3.8, 4) is 0 Å². The Balaban J connectivity index is 1.82. The summed E-state index contributed by atoms with van der Waals surface area (Å²) in [6.07, 6.45) is -4.45. The number of carbonyl (C=O) groups excluding carboxylic acids is 1. The molecule has 0 unspecified atom stereocenters. The third-order valence-electron chi connectivity index (χ3n) is 3.10. The highest BCUT2D eigenvalue weighted by molar-refractivity contribution is 5.91. The van der Waals surface area contributed by atoms with Crippen LogP contribution in [0.2, 0.25) is 0 Å². The number of alkyl halides is 3. The molecule has 0 saturated heterocycles. The van der Waals surface area contributed by atoms with Crippen molar-refractivity contribution in [1.29, 1.82) is 0 Å². The van der Waals surface area contributed by atoms with Gasteiger partial charge < -0.3 is 10.6 Å².